The van der Waals surface area contributed by atoms with Crippen molar-refractivity contribution in [1.29, 1.82) is 0 Å². The van der Waals surface area contributed by atoms with E-state index < -0.39 is 6.04 Å². The third kappa shape index (κ3) is 8.06. The Morgan fingerprint density at radius 2 is 1.89 bits per heavy atom. The van der Waals surface area contributed by atoms with Crippen molar-refractivity contribution >= 4 is 34.2 Å². The molecule has 9 heteroatoms. The molecule has 2 aromatic heterocycles. The van der Waals surface area contributed by atoms with E-state index in [0.29, 0.717) is 28.9 Å². The molecule has 3 amide bonds. The number of nitrogens with one attached hydrogen (secondary N) is 2. The lowest BCUT2D eigenvalue weighted by Gasteiger charge is -2.31. The van der Waals surface area contributed by atoms with Gasteiger partial charge in [0.15, 0.2) is 5.13 Å². The summed E-state index contributed by atoms with van der Waals surface area (Å²) in [5.41, 5.74) is 1.75. The molecule has 2 heterocycles. The first-order valence-corrected chi connectivity index (χ1v) is 12.6. The summed E-state index contributed by atoms with van der Waals surface area (Å²) in [7, 11) is 0. The second-order valence-electron chi connectivity index (χ2n) is 8.77. The Bertz CT molecular complexity index is 1080. The maximum atomic E-state index is 13.5. The molecule has 8 nitrogen and oxygen atoms in total. The summed E-state index contributed by atoms with van der Waals surface area (Å²) >= 11 is 1.31. The number of rotatable bonds is 12. The van der Waals surface area contributed by atoms with E-state index in [9.17, 15) is 14.4 Å². The Morgan fingerprint density at radius 3 is 2.51 bits per heavy atom. The van der Waals surface area contributed by atoms with E-state index in [1.165, 1.54) is 22.5 Å². The predicted molar refractivity (Wildman–Crippen MR) is 136 cm³/mol. The fraction of sp³-hybridized carbons (Fsp3) is 0.385. The van der Waals surface area contributed by atoms with Gasteiger partial charge in [0.05, 0.1) is 12.8 Å². The van der Waals surface area contributed by atoms with Gasteiger partial charge in [-0.15, -0.1) is 11.3 Å². The molecule has 0 saturated heterocycles. The molecule has 0 spiro atoms. The van der Waals surface area contributed by atoms with Crippen LogP contribution in [0.15, 0.2) is 58.7 Å². The van der Waals surface area contributed by atoms with Gasteiger partial charge >= 0.3 is 0 Å². The Balaban J connectivity index is 1.82. The van der Waals surface area contributed by atoms with Gasteiger partial charge in [-0.2, -0.15) is 0 Å². The van der Waals surface area contributed by atoms with Crippen LogP contribution in [0.25, 0.3) is 0 Å². The minimum atomic E-state index is -0.859. The molecule has 186 valence electrons. The van der Waals surface area contributed by atoms with Gasteiger partial charge < -0.3 is 20.0 Å². The highest BCUT2D eigenvalue weighted by Gasteiger charge is 2.32. The summed E-state index contributed by atoms with van der Waals surface area (Å²) in [5.74, 6) is 0.101. The number of amides is 3. The van der Waals surface area contributed by atoms with Crippen LogP contribution >= 0.6 is 11.3 Å². The van der Waals surface area contributed by atoms with E-state index in [0.717, 1.165) is 12.0 Å². The summed E-state index contributed by atoms with van der Waals surface area (Å²) < 4.78 is 5.50. The molecule has 3 aromatic rings. The highest BCUT2D eigenvalue weighted by molar-refractivity contribution is 7.13. The Hall–Kier alpha value is -3.46. The number of furan rings is 1. The van der Waals surface area contributed by atoms with Crippen LogP contribution in [0.4, 0.5) is 5.13 Å². The zero-order valence-electron chi connectivity index (χ0n) is 20.3. The van der Waals surface area contributed by atoms with Gasteiger partial charge in [-0.25, -0.2) is 4.98 Å². The molecule has 0 bridgehead atoms. The average Bonchev–Trinajstić information content (AvgIpc) is 3.52. The summed E-state index contributed by atoms with van der Waals surface area (Å²) in [4.78, 5) is 44.8. The zero-order chi connectivity index (χ0) is 25.2. The molecule has 3 rings (SSSR count). The number of hydrogen-bond acceptors (Lipinski definition) is 6. The average molecular weight is 497 g/mol. The number of nitrogens with zero attached hydrogens (tertiary/aromatic N) is 2. The molecule has 1 unspecified atom stereocenters. The van der Waals surface area contributed by atoms with Gasteiger partial charge in [0.1, 0.15) is 11.8 Å². The van der Waals surface area contributed by atoms with Crippen molar-refractivity contribution in [3.05, 3.63) is 71.1 Å². The van der Waals surface area contributed by atoms with Gasteiger partial charge in [0.2, 0.25) is 17.7 Å². The lowest BCUT2D eigenvalue weighted by Crippen LogP contribution is -2.44. The maximum Gasteiger partial charge on any atom is 0.247 e. The van der Waals surface area contributed by atoms with Crippen LogP contribution in [0.3, 0.4) is 0 Å². The molecule has 0 radical (unpaired) electrons. The topological polar surface area (TPSA) is 105 Å². The molecular weight excluding hydrogens is 464 g/mol. The van der Waals surface area contributed by atoms with E-state index in [4.69, 9.17) is 4.42 Å². The van der Waals surface area contributed by atoms with Gasteiger partial charge in [0, 0.05) is 31.0 Å². The summed E-state index contributed by atoms with van der Waals surface area (Å²) in [6, 6.07) is 10.2. The number of aryl methyl sites for hydroxylation is 1. The molecular formula is C26H32N4O4S. The van der Waals surface area contributed by atoms with Crippen molar-refractivity contribution in [2.45, 2.75) is 52.6 Å². The number of hydrogen-bond donors (Lipinski definition) is 2. The second kappa shape index (κ2) is 12.9. The third-order valence-corrected chi connectivity index (χ3v) is 6.13. The highest BCUT2D eigenvalue weighted by atomic mass is 32.1. The predicted octanol–water partition coefficient (Wildman–Crippen LogP) is 4.70. The van der Waals surface area contributed by atoms with Gasteiger partial charge in [-0.05, 0) is 37.0 Å². The second-order valence-corrected chi connectivity index (χ2v) is 9.67. The van der Waals surface area contributed by atoms with E-state index >= 15 is 0 Å². The van der Waals surface area contributed by atoms with E-state index in [-0.39, 0.29) is 37.1 Å². The number of anilines is 1. The number of carbonyl (C=O) groups excluding carboxylic acids is 3. The van der Waals surface area contributed by atoms with Crippen molar-refractivity contribution in [1.82, 2.24) is 15.2 Å². The minimum Gasteiger partial charge on any atom is -0.467 e. The van der Waals surface area contributed by atoms with Gasteiger partial charge in [0.25, 0.3) is 0 Å². The van der Waals surface area contributed by atoms with Crippen LogP contribution in [0.2, 0.25) is 0 Å². The summed E-state index contributed by atoms with van der Waals surface area (Å²) in [5, 5.41) is 7.92. The Morgan fingerprint density at radius 1 is 1.11 bits per heavy atom. The Kier molecular flexibility index (Phi) is 9.60. The summed E-state index contributed by atoms with van der Waals surface area (Å²) in [6.07, 6.45) is 3.88. The molecule has 1 aromatic carbocycles. The normalized spacial score (nSPS) is 11.8. The molecule has 0 aliphatic carbocycles. The van der Waals surface area contributed by atoms with Crippen molar-refractivity contribution in [3.63, 3.8) is 0 Å². The van der Waals surface area contributed by atoms with Crippen LogP contribution in [-0.2, 0) is 20.9 Å². The standard InChI is InChI=1S/C26H32N4O4S/c1-18(2)12-13-27-25(33)24(20-8-6-19(3)7-9-20)30(17-21-5-4-15-34-21)23(32)11-10-22(31)29-26-28-14-16-35-26/h4-9,14-16,18,24H,10-13,17H2,1-3H3,(H,27,33)(H,28,29,31). The first kappa shape index (κ1) is 26.2. The number of aromatic nitrogens is 1. The molecule has 0 aliphatic rings. The van der Waals surface area contributed by atoms with Crippen LogP contribution in [0.1, 0.15) is 56.0 Å². The van der Waals surface area contributed by atoms with Crippen LogP contribution in [0, 0.1) is 12.8 Å². The van der Waals surface area contributed by atoms with E-state index in [1.54, 1.807) is 23.7 Å². The fourth-order valence-corrected chi connectivity index (χ4v) is 4.07. The van der Waals surface area contributed by atoms with Crippen molar-refractivity contribution in [2.24, 2.45) is 5.92 Å². The van der Waals surface area contributed by atoms with Crippen molar-refractivity contribution < 1.29 is 18.8 Å². The van der Waals surface area contributed by atoms with Crippen LogP contribution < -0.4 is 10.6 Å². The number of thiazole rings is 1. The van der Waals surface area contributed by atoms with Crippen molar-refractivity contribution in [2.75, 3.05) is 11.9 Å². The molecule has 0 aliphatic heterocycles. The fourth-order valence-electron chi connectivity index (χ4n) is 3.53. The highest BCUT2D eigenvalue weighted by Crippen LogP contribution is 2.26. The van der Waals surface area contributed by atoms with Crippen LogP contribution in [0.5, 0.6) is 0 Å². The molecule has 35 heavy (non-hydrogen) atoms. The summed E-state index contributed by atoms with van der Waals surface area (Å²) in [6.45, 7) is 6.77. The first-order chi connectivity index (χ1) is 16.8. The van der Waals surface area contributed by atoms with Gasteiger partial charge in [-0.1, -0.05) is 43.7 Å². The molecule has 1 atom stereocenters. The minimum absolute atomic E-state index is 0.0251. The molecule has 2 N–H and O–H groups in total. The third-order valence-electron chi connectivity index (χ3n) is 5.45. The Labute approximate surface area is 209 Å². The van der Waals surface area contributed by atoms with Crippen molar-refractivity contribution in [3.8, 4) is 0 Å². The van der Waals surface area contributed by atoms with E-state index in [2.05, 4.69) is 29.5 Å². The number of benzene rings is 1. The lowest BCUT2D eigenvalue weighted by molar-refractivity contribution is -0.142. The molecule has 0 saturated carbocycles. The largest absolute Gasteiger partial charge is 0.467 e. The lowest BCUT2D eigenvalue weighted by atomic mass is 10.0. The zero-order valence-corrected chi connectivity index (χ0v) is 21.1. The SMILES string of the molecule is Cc1ccc(C(C(=O)NCCC(C)C)N(Cc2ccco2)C(=O)CCC(=O)Nc2nccs2)cc1. The maximum absolute atomic E-state index is 13.5. The van der Waals surface area contributed by atoms with E-state index in [1.807, 2.05) is 31.2 Å². The monoisotopic (exact) mass is 496 g/mol. The van der Waals surface area contributed by atoms with Gasteiger partial charge in [-0.3, -0.25) is 14.4 Å². The number of carbonyl (C=O) groups is 3. The smallest absolute Gasteiger partial charge is 0.247 e. The van der Waals surface area contributed by atoms with Crippen LogP contribution in [-0.4, -0.2) is 34.2 Å². The quantitative estimate of drug-likeness (QED) is 0.378. The molecule has 0 fully saturated rings. The first-order valence-electron chi connectivity index (χ1n) is 11.7.